The molecular weight excluding hydrogens is 370 g/mol. The van der Waals surface area contributed by atoms with Crippen molar-refractivity contribution in [2.75, 3.05) is 20.3 Å². The molecule has 0 aliphatic carbocycles. The van der Waals surface area contributed by atoms with Crippen LogP contribution in [0.4, 0.5) is 0 Å². The van der Waals surface area contributed by atoms with Crippen LogP contribution >= 0.6 is 11.3 Å². The number of carbonyl (C=O) groups is 3. The number of ether oxygens (including phenoxy) is 3. The first-order valence-corrected chi connectivity index (χ1v) is 9.10. The molecule has 1 N–H and O–H groups in total. The van der Waals surface area contributed by atoms with Crippen molar-refractivity contribution in [1.82, 2.24) is 5.32 Å². The molecule has 1 heterocycles. The molecule has 1 aromatic carbocycles. The van der Waals surface area contributed by atoms with Crippen molar-refractivity contribution in [3.05, 3.63) is 45.6 Å². The van der Waals surface area contributed by atoms with Gasteiger partial charge in [0, 0.05) is 11.8 Å². The van der Waals surface area contributed by atoms with E-state index in [9.17, 15) is 14.4 Å². The van der Waals surface area contributed by atoms with E-state index in [1.807, 2.05) is 6.92 Å². The smallest absolute Gasteiger partial charge is 0.338 e. The van der Waals surface area contributed by atoms with Gasteiger partial charge in [0.2, 0.25) is 11.7 Å². The number of carbonyl (C=O) groups excluding carboxylic acids is 3. The molecule has 0 unspecified atom stereocenters. The lowest BCUT2D eigenvalue weighted by molar-refractivity contribution is -0.119. The summed E-state index contributed by atoms with van der Waals surface area (Å²) in [6, 6.07) is 8.08. The van der Waals surface area contributed by atoms with E-state index in [-0.39, 0.29) is 23.9 Å². The van der Waals surface area contributed by atoms with E-state index >= 15 is 0 Å². The Kier molecular flexibility index (Phi) is 7.36. The van der Waals surface area contributed by atoms with Crippen molar-refractivity contribution in [1.29, 1.82) is 0 Å². The summed E-state index contributed by atoms with van der Waals surface area (Å²) >= 11 is 1.25. The van der Waals surface area contributed by atoms with E-state index in [4.69, 9.17) is 14.2 Å². The van der Waals surface area contributed by atoms with Crippen molar-refractivity contribution in [2.45, 2.75) is 20.4 Å². The first-order chi connectivity index (χ1) is 12.9. The average molecular weight is 391 g/mol. The first kappa shape index (κ1) is 20.4. The van der Waals surface area contributed by atoms with Gasteiger partial charge >= 0.3 is 5.97 Å². The van der Waals surface area contributed by atoms with E-state index in [0.29, 0.717) is 29.5 Å². The fraction of sp³-hybridized carbons (Fsp3) is 0.316. The highest BCUT2D eigenvalue weighted by Crippen LogP contribution is 2.28. The lowest BCUT2D eigenvalue weighted by Crippen LogP contribution is -2.18. The normalized spacial score (nSPS) is 10.2. The van der Waals surface area contributed by atoms with Crippen LogP contribution < -0.4 is 14.8 Å². The summed E-state index contributed by atoms with van der Waals surface area (Å²) in [7, 11) is 1.51. The molecule has 8 heteroatoms. The van der Waals surface area contributed by atoms with Crippen molar-refractivity contribution in [3.63, 3.8) is 0 Å². The van der Waals surface area contributed by atoms with Crippen LogP contribution in [0.2, 0.25) is 0 Å². The Labute approximate surface area is 161 Å². The van der Waals surface area contributed by atoms with Crippen molar-refractivity contribution in [2.24, 2.45) is 0 Å². The molecule has 0 aliphatic rings. The number of amides is 1. The number of ketones is 1. The quantitative estimate of drug-likeness (QED) is 0.522. The van der Waals surface area contributed by atoms with Crippen LogP contribution in [0.1, 0.15) is 38.8 Å². The monoisotopic (exact) mass is 391 g/mol. The molecule has 0 atom stereocenters. The zero-order valence-corrected chi connectivity index (χ0v) is 16.2. The Balaban J connectivity index is 1.95. The number of hydrogen-bond acceptors (Lipinski definition) is 7. The average Bonchev–Trinajstić information content (AvgIpc) is 3.13. The number of esters is 1. The second-order valence-corrected chi connectivity index (χ2v) is 6.64. The molecule has 1 amide bonds. The number of rotatable bonds is 9. The number of benzene rings is 1. The summed E-state index contributed by atoms with van der Waals surface area (Å²) in [6.07, 6.45) is 0. The maximum atomic E-state index is 12.2. The third-order valence-electron chi connectivity index (χ3n) is 3.48. The van der Waals surface area contributed by atoms with Crippen LogP contribution in [0, 0.1) is 0 Å². The van der Waals surface area contributed by atoms with Gasteiger partial charge in [-0.15, -0.1) is 11.3 Å². The van der Waals surface area contributed by atoms with Gasteiger partial charge in [0.1, 0.15) is 0 Å². The topological polar surface area (TPSA) is 90.9 Å². The predicted octanol–water partition coefficient (Wildman–Crippen LogP) is 2.83. The second kappa shape index (κ2) is 9.72. The highest BCUT2D eigenvalue weighted by molar-refractivity contribution is 7.14. The summed E-state index contributed by atoms with van der Waals surface area (Å²) in [6.45, 7) is 3.67. The van der Waals surface area contributed by atoms with Gasteiger partial charge in [-0.25, -0.2) is 4.79 Å². The molecule has 2 rings (SSSR count). The third-order valence-corrected chi connectivity index (χ3v) is 4.61. The van der Waals surface area contributed by atoms with Crippen molar-refractivity contribution < 1.29 is 28.6 Å². The molecule has 0 radical (unpaired) electrons. The first-order valence-electron chi connectivity index (χ1n) is 8.29. The molecule has 2 aromatic rings. The number of methoxy groups -OCH3 is 1. The molecule has 0 spiro atoms. The Hall–Kier alpha value is -2.87. The van der Waals surface area contributed by atoms with Gasteiger partial charge in [-0.3, -0.25) is 9.59 Å². The number of hydrogen-bond donors (Lipinski definition) is 1. The molecule has 0 fully saturated rings. The van der Waals surface area contributed by atoms with E-state index in [0.717, 1.165) is 4.88 Å². The Morgan fingerprint density at radius 1 is 1.11 bits per heavy atom. The Bertz CT molecular complexity index is 829. The third kappa shape index (κ3) is 5.82. The van der Waals surface area contributed by atoms with Gasteiger partial charge in [-0.05, 0) is 37.3 Å². The van der Waals surface area contributed by atoms with Crippen LogP contribution in [0.5, 0.6) is 11.5 Å². The summed E-state index contributed by atoms with van der Waals surface area (Å²) in [5.41, 5.74) is 0.268. The van der Waals surface area contributed by atoms with Crippen LogP contribution in [-0.2, 0) is 16.1 Å². The zero-order chi connectivity index (χ0) is 19.8. The van der Waals surface area contributed by atoms with Gasteiger partial charge in [0.05, 0.1) is 30.7 Å². The van der Waals surface area contributed by atoms with E-state index in [2.05, 4.69) is 5.32 Å². The summed E-state index contributed by atoms with van der Waals surface area (Å²) in [5.74, 6) is -0.129. The molecule has 0 aliphatic heterocycles. The van der Waals surface area contributed by atoms with Gasteiger partial charge in [0.15, 0.2) is 18.1 Å². The molecule has 0 bridgehead atoms. The number of Topliss-reactive ketones (excluding diaryl/α,β-unsaturated/α-hetero) is 1. The van der Waals surface area contributed by atoms with Gasteiger partial charge in [-0.1, -0.05) is 0 Å². The minimum atomic E-state index is -0.623. The number of nitrogens with one attached hydrogen (secondary N) is 1. The lowest BCUT2D eigenvalue weighted by Gasteiger charge is -2.10. The lowest BCUT2D eigenvalue weighted by atomic mass is 10.2. The fourth-order valence-electron chi connectivity index (χ4n) is 2.19. The van der Waals surface area contributed by atoms with E-state index in [1.54, 1.807) is 24.3 Å². The highest BCUT2D eigenvalue weighted by atomic mass is 32.1. The molecule has 0 saturated heterocycles. The summed E-state index contributed by atoms with van der Waals surface area (Å²) in [4.78, 5) is 36.6. The minimum Gasteiger partial charge on any atom is -0.493 e. The summed E-state index contributed by atoms with van der Waals surface area (Å²) < 4.78 is 15.7. The van der Waals surface area contributed by atoms with E-state index < -0.39 is 5.97 Å². The Morgan fingerprint density at radius 3 is 2.56 bits per heavy atom. The van der Waals surface area contributed by atoms with Crippen LogP contribution in [-0.4, -0.2) is 38.0 Å². The van der Waals surface area contributed by atoms with Crippen molar-refractivity contribution in [3.8, 4) is 11.5 Å². The highest BCUT2D eigenvalue weighted by Gasteiger charge is 2.16. The molecule has 0 saturated carbocycles. The molecular formula is C19H21NO6S. The molecule has 144 valence electrons. The largest absolute Gasteiger partial charge is 0.493 e. The molecule has 7 nitrogen and oxygen atoms in total. The fourth-order valence-corrected chi connectivity index (χ4v) is 3.06. The van der Waals surface area contributed by atoms with Gasteiger partial charge in [0.25, 0.3) is 0 Å². The van der Waals surface area contributed by atoms with E-state index in [1.165, 1.54) is 31.4 Å². The minimum absolute atomic E-state index is 0.142. The second-order valence-electron chi connectivity index (χ2n) is 5.47. The van der Waals surface area contributed by atoms with Crippen LogP contribution in [0.3, 0.4) is 0 Å². The maximum Gasteiger partial charge on any atom is 0.338 e. The molecule has 27 heavy (non-hydrogen) atoms. The Morgan fingerprint density at radius 2 is 1.89 bits per heavy atom. The predicted molar refractivity (Wildman–Crippen MR) is 101 cm³/mol. The van der Waals surface area contributed by atoms with Gasteiger partial charge < -0.3 is 19.5 Å². The molecule has 1 aromatic heterocycles. The zero-order valence-electron chi connectivity index (χ0n) is 15.4. The number of thiophene rings is 1. The van der Waals surface area contributed by atoms with Crippen molar-refractivity contribution >= 4 is 29.0 Å². The summed E-state index contributed by atoms with van der Waals surface area (Å²) in [5, 5.41) is 2.66. The standard InChI is InChI=1S/C19H21NO6S/c1-4-25-17-9-13(5-7-16(17)24-3)19(23)26-11-15(22)18-8-6-14(27-18)10-20-12(2)21/h5-9H,4,10-11H2,1-3H3,(H,20,21). The maximum absolute atomic E-state index is 12.2. The van der Waals surface area contributed by atoms with Crippen LogP contribution in [0.25, 0.3) is 0 Å². The SMILES string of the molecule is CCOc1cc(C(=O)OCC(=O)c2ccc(CNC(C)=O)s2)ccc1OC. The van der Waals surface area contributed by atoms with Gasteiger partial charge in [-0.2, -0.15) is 0 Å². The van der Waals surface area contributed by atoms with Crippen LogP contribution in [0.15, 0.2) is 30.3 Å².